The molecular formula is C17H26N2O. The van der Waals surface area contributed by atoms with Gasteiger partial charge in [-0.15, -0.1) is 0 Å². The van der Waals surface area contributed by atoms with Crippen LogP contribution in [0.1, 0.15) is 37.7 Å². The fourth-order valence-electron chi connectivity index (χ4n) is 2.81. The summed E-state index contributed by atoms with van der Waals surface area (Å²) in [7, 11) is 4.19. The third kappa shape index (κ3) is 4.07. The molecule has 2 rings (SSSR count). The predicted molar refractivity (Wildman–Crippen MR) is 84.1 cm³/mol. The van der Waals surface area contributed by atoms with Crippen LogP contribution >= 0.6 is 0 Å². The molecule has 0 aromatic heterocycles. The van der Waals surface area contributed by atoms with Gasteiger partial charge in [-0.05, 0) is 58.0 Å². The van der Waals surface area contributed by atoms with Crippen LogP contribution < -0.4 is 4.90 Å². The zero-order valence-electron chi connectivity index (χ0n) is 12.8. The molecule has 1 aromatic rings. The van der Waals surface area contributed by atoms with E-state index in [0.717, 1.165) is 44.5 Å². The molecule has 1 aliphatic heterocycles. The number of carbonyl (C=O) groups excluding carboxylic acids is 1. The minimum absolute atomic E-state index is 0.294. The molecule has 0 radical (unpaired) electrons. The van der Waals surface area contributed by atoms with Crippen molar-refractivity contribution in [1.29, 1.82) is 0 Å². The summed E-state index contributed by atoms with van der Waals surface area (Å²) < 4.78 is 0. The Morgan fingerprint density at radius 2 is 2.00 bits per heavy atom. The lowest BCUT2D eigenvalue weighted by molar-refractivity contribution is -0.118. The van der Waals surface area contributed by atoms with Crippen LogP contribution in [0, 0.1) is 0 Å². The quantitative estimate of drug-likeness (QED) is 0.744. The summed E-state index contributed by atoms with van der Waals surface area (Å²) in [4.78, 5) is 16.6. The van der Waals surface area contributed by atoms with Gasteiger partial charge in [-0.3, -0.25) is 4.79 Å². The van der Waals surface area contributed by atoms with E-state index < -0.39 is 0 Å². The molecular weight excluding hydrogens is 248 g/mol. The number of hydrogen-bond acceptors (Lipinski definition) is 2. The van der Waals surface area contributed by atoms with Gasteiger partial charge in [-0.2, -0.15) is 0 Å². The first kappa shape index (κ1) is 15.0. The van der Waals surface area contributed by atoms with Gasteiger partial charge < -0.3 is 9.80 Å². The van der Waals surface area contributed by atoms with Gasteiger partial charge in [0.1, 0.15) is 0 Å². The molecule has 1 heterocycles. The van der Waals surface area contributed by atoms with Gasteiger partial charge in [-0.25, -0.2) is 0 Å². The van der Waals surface area contributed by atoms with Gasteiger partial charge in [0.25, 0.3) is 0 Å². The predicted octanol–water partition coefficient (Wildman–Crippen LogP) is 3.09. The van der Waals surface area contributed by atoms with E-state index in [-0.39, 0.29) is 0 Å². The molecule has 0 aliphatic carbocycles. The molecule has 0 saturated heterocycles. The summed E-state index contributed by atoms with van der Waals surface area (Å²) >= 11 is 0. The van der Waals surface area contributed by atoms with E-state index in [2.05, 4.69) is 37.2 Å². The molecule has 110 valence electrons. The fraction of sp³-hybridized carbons (Fsp3) is 0.588. The molecule has 20 heavy (non-hydrogen) atoms. The van der Waals surface area contributed by atoms with Crippen molar-refractivity contribution >= 4 is 11.6 Å². The number of para-hydroxylation sites is 1. The van der Waals surface area contributed by atoms with Crippen molar-refractivity contribution in [3.63, 3.8) is 0 Å². The Bertz CT molecular complexity index is 442. The number of aryl methyl sites for hydroxylation is 1. The van der Waals surface area contributed by atoms with Crippen molar-refractivity contribution < 1.29 is 4.79 Å². The van der Waals surface area contributed by atoms with Crippen molar-refractivity contribution in [2.24, 2.45) is 0 Å². The number of amides is 1. The summed E-state index contributed by atoms with van der Waals surface area (Å²) in [6.45, 7) is 1.99. The van der Waals surface area contributed by atoms with Gasteiger partial charge >= 0.3 is 0 Å². The number of benzene rings is 1. The van der Waals surface area contributed by atoms with Gasteiger partial charge in [0.2, 0.25) is 5.91 Å². The molecule has 0 fully saturated rings. The second kappa shape index (κ2) is 7.44. The Morgan fingerprint density at radius 3 is 2.80 bits per heavy atom. The number of hydrogen-bond donors (Lipinski definition) is 0. The molecule has 0 unspecified atom stereocenters. The molecule has 1 aromatic carbocycles. The number of carbonyl (C=O) groups is 1. The van der Waals surface area contributed by atoms with Gasteiger partial charge in [0, 0.05) is 18.7 Å². The van der Waals surface area contributed by atoms with Crippen molar-refractivity contribution in [3.8, 4) is 0 Å². The van der Waals surface area contributed by atoms with Crippen molar-refractivity contribution in [3.05, 3.63) is 29.8 Å². The third-order valence-corrected chi connectivity index (χ3v) is 3.91. The van der Waals surface area contributed by atoms with Crippen LogP contribution in [-0.4, -0.2) is 38.0 Å². The Morgan fingerprint density at radius 1 is 1.20 bits per heavy atom. The summed E-state index contributed by atoms with van der Waals surface area (Å²) in [6.07, 6.45) is 6.19. The zero-order valence-corrected chi connectivity index (χ0v) is 12.8. The Balaban J connectivity index is 1.82. The summed E-state index contributed by atoms with van der Waals surface area (Å²) in [5, 5.41) is 0. The standard InChI is InChI=1S/C17H26N2O/c1-18(2)13-7-3-4-12-17(20)19-14-8-10-15-9-5-6-11-16(15)19/h5-6,9,11H,3-4,7-8,10,12-14H2,1-2H3. The Labute approximate surface area is 122 Å². The smallest absolute Gasteiger partial charge is 0.226 e. The normalized spacial score (nSPS) is 14.4. The van der Waals surface area contributed by atoms with Crippen LogP contribution in [0.25, 0.3) is 0 Å². The van der Waals surface area contributed by atoms with Crippen LogP contribution in [0.3, 0.4) is 0 Å². The van der Waals surface area contributed by atoms with Crippen molar-refractivity contribution in [1.82, 2.24) is 4.90 Å². The van der Waals surface area contributed by atoms with Gasteiger partial charge in [-0.1, -0.05) is 24.6 Å². The van der Waals surface area contributed by atoms with E-state index in [1.54, 1.807) is 0 Å². The number of rotatable bonds is 6. The SMILES string of the molecule is CN(C)CCCCCC(=O)N1CCCc2ccccc21. The molecule has 1 aliphatic rings. The van der Waals surface area contributed by atoms with E-state index in [1.807, 2.05) is 11.0 Å². The molecule has 1 amide bonds. The topological polar surface area (TPSA) is 23.6 Å². The van der Waals surface area contributed by atoms with E-state index >= 15 is 0 Å². The number of fused-ring (bicyclic) bond motifs is 1. The van der Waals surface area contributed by atoms with Crippen LogP contribution in [-0.2, 0) is 11.2 Å². The maximum Gasteiger partial charge on any atom is 0.226 e. The summed E-state index contributed by atoms with van der Waals surface area (Å²) in [6, 6.07) is 8.32. The highest BCUT2D eigenvalue weighted by atomic mass is 16.2. The number of unbranched alkanes of at least 4 members (excludes halogenated alkanes) is 2. The Hall–Kier alpha value is -1.35. The van der Waals surface area contributed by atoms with E-state index in [0.29, 0.717) is 12.3 Å². The average molecular weight is 274 g/mol. The second-order valence-electron chi connectivity index (χ2n) is 5.89. The highest BCUT2D eigenvalue weighted by Crippen LogP contribution is 2.27. The van der Waals surface area contributed by atoms with Crippen molar-refractivity contribution in [2.75, 3.05) is 32.1 Å². The lowest BCUT2D eigenvalue weighted by atomic mass is 10.0. The molecule has 0 spiro atoms. The van der Waals surface area contributed by atoms with Crippen LogP contribution in [0.15, 0.2) is 24.3 Å². The van der Waals surface area contributed by atoms with E-state index in [4.69, 9.17) is 0 Å². The molecule has 0 atom stereocenters. The first-order chi connectivity index (χ1) is 9.68. The molecule has 3 heteroatoms. The third-order valence-electron chi connectivity index (χ3n) is 3.91. The van der Waals surface area contributed by atoms with Crippen LogP contribution in [0.2, 0.25) is 0 Å². The first-order valence-corrected chi connectivity index (χ1v) is 7.71. The van der Waals surface area contributed by atoms with Gasteiger partial charge in [0.05, 0.1) is 0 Å². The second-order valence-corrected chi connectivity index (χ2v) is 5.89. The fourth-order valence-corrected chi connectivity index (χ4v) is 2.81. The summed E-state index contributed by atoms with van der Waals surface area (Å²) in [5.74, 6) is 0.294. The van der Waals surface area contributed by atoms with E-state index in [9.17, 15) is 4.79 Å². The number of anilines is 1. The lowest BCUT2D eigenvalue weighted by Gasteiger charge is -2.29. The molecule has 3 nitrogen and oxygen atoms in total. The van der Waals surface area contributed by atoms with Crippen LogP contribution in [0.4, 0.5) is 5.69 Å². The van der Waals surface area contributed by atoms with Crippen LogP contribution in [0.5, 0.6) is 0 Å². The van der Waals surface area contributed by atoms with Gasteiger partial charge in [0.15, 0.2) is 0 Å². The minimum atomic E-state index is 0.294. The number of nitrogens with zero attached hydrogens (tertiary/aromatic N) is 2. The summed E-state index contributed by atoms with van der Waals surface area (Å²) in [5.41, 5.74) is 2.46. The maximum absolute atomic E-state index is 12.4. The lowest BCUT2D eigenvalue weighted by Crippen LogP contribution is -2.35. The minimum Gasteiger partial charge on any atom is -0.312 e. The maximum atomic E-state index is 12.4. The first-order valence-electron chi connectivity index (χ1n) is 7.71. The Kier molecular flexibility index (Phi) is 5.60. The average Bonchev–Trinajstić information content (AvgIpc) is 2.45. The largest absolute Gasteiger partial charge is 0.312 e. The highest BCUT2D eigenvalue weighted by Gasteiger charge is 2.21. The molecule has 0 N–H and O–H groups in total. The van der Waals surface area contributed by atoms with E-state index in [1.165, 1.54) is 12.0 Å². The zero-order chi connectivity index (χ0) is 14.4. The monoisotopic (exact) mass is 274 g/mol. The molecule has 0 saturated carbocycles. The van der Waals surface area contributed by atoms with Crippen molar-refractivity contribution in [2.45, 2.75) is 38.5 Å². The highest BCUT2D eigenvalue weighted by molar-refractivity contribution is 5.94. The molecule has 0 bridgehead atoms.